The molecular formula is C11H13BrO2. The summed E-state index contributed by atoms with van der Waals surface area (Å²) < 4.78 is 13.1. The van der Waals surface area contributed by atoms with Crippen molar-refractivity contribution in [3.8, 4) is 0 Å². The van der Waals surface area contributed by atoms with Crippen LogP contribution in [-0.4, -0.2) is 18.0 Å². The molecule has 3 rings (SSSR count). The van der Waals surface area contributed by atoms with Crippen molar-refractivity contribution in [2.75, 3.05) is 0 Å². The largest absolute Gasteiger partial charge is 0.339 e. The minimum atomic E-state index is -0.267. The average molecular weight is 257 g/mol. The topological polar surface area (TPSA) is 18.5 Å². The zero-order chi connectivity index (χ0) is 9.60. The molecule has 1 heterocycles. The molecule has 2 fully saturated rings. The highest BCUT2D eigenvalue weighted by Gasteiger charge is 2.49. The highest BCUT2D eigenvalue weighted by atomic mass is 79.9. The first-order valence-corrected chi connectivity index (χ1v) is 5.98. The predicted octanol–water partition coefficient (Wildman–Crippen LogP) is 2.89. The van der Waals surface area contributed by atoms with E-state index in [0.717, 1.165) is 17.3 Å². The highest BCUT2D eigenvalue weighted by Crippen LogP contribution is 2.45. The van der Waals surface area contributed by atoms with E-state index in [1.54, 1.807) is 0 Å². The number of halogens is 1. The summed E-state index contributed by atoms with van der Waals surface area (Å²) >= 11 is 3.53. The molecular weight excluding hydrogens is 244 g/mol. The smallest absolute Gasteiger partial charge is 0.170 e. The maximum atomic E-state index is 6.04. The van der Waals surface area contributed by atoms with Gasteiger partial charge in [0.25, 0.3) is 0 Å². The number of hydrogen-bond donors (Lipinski definition) is 0. The molecule has 0 N–H and O–H groups in total. The maximum Gasteiger partial charge on any atom is 0.170 e. The van der Waals surface area contributed by atoms with Crippen molar-refractivity contribution < 1.29 is 9.47 Å². The summed E-state index contributed by atoms with van der Waals surface area (Å²) in [6.45, 7) is 0. The first-order valence-electron chi connectivity index (χ1n) is 5.19. The fraction of sp³-hybridized carbons (Fsp3) is 0.636. The first-order chi connectivity index (χ1) is 6.79. The Hall–Kier alpha value is -0.120. The number of fused-ring (bicyclic) bond motifs is 1. The van der Waals surface area contributed by atoms with Gasteiger partial charge >= 0.3 is 0 Å². The van der Waals surface area contributed by atoms with E-state index in [2.05, 4.69) is 22.0 Å². The van der Waals surface area contributed by atoms with Crippen LogP contribution in [0.1, 0.15) is 25.7 Å². The molecule has 1 saturated carbocycles. The summed E-state index contributed by atoms with van der Waals surface area (Å²) in [6.07, 6.45) is 10.9. The van der Waals surface area contributed by atoms with Gasteiger partial charge in [-0.25, -0.2) is 0 Å². The van der Waals surface area contributed by atoms with E-state index in [1.807, 2.05) is 12.2 Å². The summed E-state index contributed by atoms with van der Waals surface area (Å²) in [5.74, 6) is -0.267. The number of hydrogen-bond acceptors (Lipinski definition) is 2. The molecule has 0 amide bonds. The molecule has 0 unspecified atom stereocenters. The van der Waals surface area contributed by atoms with Crippen molar-refractivity contribution in [2.45, 2.75) is 43.7 Å². The lowest BCUT2D eigenvalue weighted by Crippen LogP contribution is -2.26. The molecule has 1 saturated heterocycles. The van der Waals surface area contributed by atoms with Gasteiger partial charge in [-0.1, -0.05) is 28.1 Å². The standard InChI is InChI=1S/C11H13BrO2/c12-8-4-3-5-9-10(8)14-11(13-9)6-1-2-7-11/h3-5,9-10H,1-2,6-7H2/t9-,10+/m0/s1. The number of ether oxygens (including phenoxy) is 2. The van der Waals surface area contributed by atoms with Gasteiger partial charge in [0.2, 0.25) is 0 Å². The molecule has 0 aromatic carbocycles. The van der Waals surface area contributed by atoms with Gasteiger partial charge in [0.15, 0.2) is 5.79 Å². The molecule has 0 aromatic rings. The Kier molecular flexibility index (Phi) is 2.08. The van der Waals surface area contributed by atoms with Gasteiger partial charge in [-0.05, 0) is 18.9 Å². The van der Waals surface area contributed by atoms with E-state index >= 15 is 0 Å². The molecule has 2 atom stereocenters. The summed E-state index contributed by atoms with van der Waals surface area (Å²) in [7, 11) is 0. The SMILES string of the molecule is BrC1=CC=C[C@@H]2OC3(CCCC3)O[C@H]12. The summed E-state index contributed by atoms with van der Waals surface area (Å²) in [5.41, 5.74) is 0. The third kappa shape index (κ3) is 1.30. The second-order valence-electron chi connectivity index (χ2n) is 4.18. The number of allylic oxidation sites excluding steroid dienone is 2. The second-order valence-corrected chi connectivity index (χ2v) is 5.09. The molecule has 14 heavy (non-hydrogen) atoms. The summed E-state index contributed by atoms with van der Waals surface area (Å²) in [5, 5.41) is 0. The number of rotatable bonds is 0. The fourth-order valence-electron chi connectivity index (χ4n) is 2.49. The van der Waals surface area contributed by atoms with Crippen LogP contribution in [0.2, 0.25) is 0 Å². The van der Waals surface area contributed by atoms with Crippen molar-refractivity contribution in [2.24, 2.45) is 0 Å². The Bertz CT molecular complexity index is 302. The average Bonchev–Trinajstić information content (AvgIpc) is 2.75. The second kappa shape index (κ2) is 3.19. The Morgan fingerprint density at radius 3 is 2.79 bits per heavy atom. The van der Waals surface area contributed by atoms with Gasteiger partial charge < -0.3 is 9.47 Å². The molecule has 1 aliphatic heterocycles. The third-order valence-electron chi connectivity index (χ3n) is 3.18. The van der Waals surface area contributed by atoms with Crippen LogP contribution in [0.15, 0.2) is 22.7 Å². The molecule has 1 spiro atoms. The molecule has 0 radical (unpaired) electrons. The van der Waals surface area contributed by atoms with Crippen LogP contribution in [0, 0.1) is 0 Å². The van der Waals surface area contributed by atoms with E-state index in [4.69, 9.17) is 9.47 Å². The molecule has 2 nitrogen and oxygen atoms in total. The molecule has 0 bridgehead atoms. The van der Waals surface area contributed by atoms with Crippen molar-refractivity contribution in [3.63, 3.8) is 0 Å². The van der Waals surface area contributed by atoms with Gasteiger partial charge in [0, 0.05) is 17.3 Å². The third-order valence-corrected chi connectivity index (χ3v) is 3.90. The van der Waals surface area contributed by atoms with Crippen molar-refractivity contribution >= 4 is 15.9 Å². The van der Waals surface area contributed by atoms with E-state index in [-0.39, 0.29) is 18.0 Å². The Balaban J connectivity index is 1.86. The molecule has 76 valence electrons. The van der Waals surface area contributed by atoms with Gasteiger partial charge in [-0.3, -0.25) is 0 Å². The van der Waals surface area contributed by atoms with Gasteiger partial charge in [0.1, 0.15) is 12.2 Å². The zero-order valence-corrected chi connectivity index (χ0v) is 9.50. The lowest BCUT2D eigenvalue weighted by molar-refractivity contribution is -0.162. The van der Waals surface area contributed by atoms with E-state index in [0.29, 0.717) is 0 Å². The first kappa shape index (κ1) is 9.13. The lowest BCUT2D eigenvalue weighted by Gasteiger charge is -2.21. The molecule has 3 aliphatic rings. The van der Waals surface area contributed by atoms with Crippen LogP contribution in [0.3, 0.4) is 0 Å². The Morgan fingerprint density at radius 2 is 2.07 bits per heavy atom. The van der Waals surface area contributed by atoms with E-state index in [9.17, 15) is 0 Å². The summed E-state index contributed by atoms with van der Waals surface area (Å²) in [6, 6.07) is 0. The van der Waals surface area contributed by atoms with Crippen LogP contribution in [0.5, 0.6) is 0 Å². The van der Waals surface area contributed by atoms with Crippen molar-refractivity contribution in [1.29, 1.82) is 0 Å². The fourth-order valence-corrected chi connectivity index (χ4v) is 3.00. The van der Waals surface area contributed by atoms with Gasteiger partial charge in [0.05, 0.1) is 0 Å². The van der Waals surface area contributed by atoms with Crippen LogP contribution < -0.4 is 0 Å². The minimum absolute atomic E-state index is 0.0955. The minimum Gasteiger partial charge on any atom is -0.339 e. The van der Waals surface area contributed by atoms with Crippen molar-refractivity contribution in [1.82, 2.24) is 0 Å². The Labute approximate surface area is 92.1 Å². The highest BCUT2D eigenvalue weighted by molar-refractivity contribution is 9.11. The van der Waals surface area contributed by atoms with Crippen LogP contribution in [-0.2, 0) is 9.47 Å². The van der Waals surface area contributed by atoms with Crippen molar-refractivity contribution in [3.05, 3.63) is 22.7 Å². The maximum absolute atomic E-state index is 6.04. The van der Waals surface area contributed by atoms with Crippen LogP contribution >= 0.6 is 15.9 Å². The predicted molar refractivity (Wildman–Crippen MR) is 57.1 cm³/mol. The van der Waals surface area contributed by atoms with E-state index < -0.39 is 0 Å². The molecule has 2 aliphatic carbocycles. The van der Waals surface area contributed by atoms with E-state index in [1.165, 1.54) is 12.8 Å². The van der Waals surface area contributed by atoms with Crippen LogP contribution in [0.25, 0.3) is 0 Å². The van der Waals surface area contributed by atoms with Gasteiger partial charge in [-0.15, -0.1) is 0 Å². The lowest BCUT2D eigenvalue weighted by atomic mass is 10.1. The zero-order valence-electron chi connectivity index (χ0n) is 7.91. The monoisotopic (exact) mass is 256 g/mol. The Morgan fingerprint density at radius 1 is 1.29 bits per heavy atom. The quantitative estimate of drug-likeness (QED) is 0.664. The van der Waals surface area contributed by atoms with Crippen LogP contribution in [0.4, 0.5) is 0 Å². The normalized spacial score (nSPS) is 38.8. The molecule has 3 heteroatoms. The summed E-state index contributed by atoms with van der Waals surface area (Å²) in [4.78, 5) is 0. The van der Waals surface area contributed by atoms with Gasteiger partial charge in [-0.2, -0.15) is 0 Å². The molecule has 0 aromatic heterocycles.